The van der Waals surface area contributed by atoms with Crippen LogP contribution in [0.5, 0.6) is 0 Å². The molecule has 0 aliphatic carbocycles. The van der Waals surface area contributed by atoms with Crippen molar-refractivity contribution in [2.24, 2.45) is 7.05 Å². The second-order valence-corrected chi connectivity index (χ2v) is 6.71. The minimum absolute atomic E-state index is 0.0798. The third-order valence-corrected chi connectivity index (χ3v) is 5.04. The predicted molar refractivity (Wildman–Crippen MR) is 96.8 cm³/mol. The SMILES string of the molecule is Cn1ncc2c(Cl)cc(-c3ccc(C4CCCNC4=O)c(=O)[nH]3)cc21. The molecule has 6 nitrogen and oxygen atoms in total. The molecule has 128 valence electrons. The highest BCUT2D eigenvalue weighted by molar-refractivity contribution is 6.35. The van der Waals surface area contributed by atoms with Crippen LogP contribution in [0.1, 0.15) is 24.3 Å². The van der Waals surface area contributed by atoms with E-state index in [2.05, 4.69) is 15.4 Å². The van der Waals surface area contributed by atoms with Gasteiger partial charge in [-0.1, -0.05) is 17.7 Å². The first kappa shape index (κ1) is 15.9. The number of piperidine rings is 1. The number of nitrogens with zero attached hydrogens (tertiary/aromatic N) is 2. The number of aryl methyl sites for hydroxylation is 1. The smallest absolute Gasteiger partial charge is 0.252 e. The van der Waals surface area contributed by atoms with Crippen LogP contribution in [-0.2, 0) is 11.8 Å². The van der Waals surface area contributed by atoms with Gasteiger partial charge in [-0.3, -0.25) is 14.3 Å². The summed E-state index contributed by atoms with van der Waals surface area (Å²) in [5.74, 6) is -0.460. The molecule has 1 aliphatic rings. The number of fused-ring (bicyclic) bond motifs is 1. The Morgan fingerprint density at radius 2 is 2.12 bits per heavy atom. The van der Waals surface area contributed by atoms with Crippen LogP contribution in [0.25, 0.3) is 22.2 Å². The maximum atomic E-state index is 12.5. The highest BCUT2D eigenvalue weighted by Gasteiger charge is 2.26. The van der Waals surface area contributed by atoms with Crippen LogP contribution in [0.4, 0.5) is 0 Å². The first-order chi connectivity index (χ1) is 12.0. The minimum Gasteiger partial charge on any atom is -0.356 e. The van der Waals surface area contributed by atoms with E-state index in [-0.39, 0.29) is 17.4 Å². The molecule has 1 aliphatic heterocycles. The Kier molecular flexibility index (Phi) is 3.84. The highest BCUT2D eigenvalue weighted by atomic mass is 35.5. The number of pyridine rings is 1. The quantitative estimate of drug-likeness (QED) is 0.740. The molecule has 7 heteroatoms. The van der Waals surface area contributed by atoms with Gasteiger partial charge >= 0.3 is 0 Å². The molecule has 1 unspecified atom stereocenters. The summed E-state index contributed by atoms with van der Waals surface area (Å²) in [7, 11) is 1.84. The summed E-state index contributed by atoms with van der Waals surface area (Å²) in [6.07, 6.45) is 3.29. The topological polar surface area (TPSA) is 79.8 Å². The monoisotopic (exact) mass is 356 g/mol. The van der Waals surface area contributed by atoms with Gasteiger partial charge in [0.15, 0.2) is 0 Å². The molecule has 2 aromatic heterocycles. The van der Waals surface area contributed by atoms with Gasteiger partial charge < -0.3 is 10.3 Å². The van der Waals surface area contributed by atoms with E-state index < -0.39 is 0 Å². The second-order valence-electron chi connectivity index (χ2n) is 6.30. The fourth-order valence-electron chi connectivity index (χ4n) is 3.36. The summed E-state index contributed by atoms with van der Waals surface area (Å²) in [5.41, 5.74) is 2.63. The maximum absolute atomic E-state index is 12.5. The predicted octanol–water partition coefficient (Wildman–Crippen LogP) is 2.58. The molecule has 2 N–H and O–H groups in total. The van der Waals surface area contributed by atoms with Crippen molar-refractivity contribution in [1.82, 2.24) is 20.1 Å². The van der Waals surface area contributed by atoms with E-state index >= 15 is 0 Å². The zero-order valence-electron chi connectivity index (χ0n) is 13.7. The number of rotatable bonds is 2. The number of benzene rings is 1. The molecule has 1 amide bonds. The standard InChI is InChI=1S/C18H17ClN4O2/c1-23-16-8-10(7-14(19)13(16)9-21-23)15-5-4-12(18(25)22-15)11-3-2-6-20-17(11)24/h4-5,7-9,11H,2-3,6H2,1H3,(H,20,24)(H,22,25). The lowest BCUT2D eigenvalue weighted by molar-refractivity contribution is -0.123. The summed E-state index contributed by atoms with van der Waals surface area (Å²) in [4.78, 5) is 27.4. The number of hydrogen-bond acceptors (Lipinski definition) is 3. The van der Waals surface area contributed by atoms with Crippen molar-refractivity contribution in [3.05, 3.63) is 51.4 Å². The van der Waals surface area contributed by atoms with Gasteiger partial charge in [0.2, 0.25) is 5.91 Å². The third kappa shape index (κ3) is 2.72. The van der Waals surface area contributed by atoms with E-state index in [1.54, 1.807) is 16.9 Å². The van der Waals surface area contributed by atoms with Crippen LogP contribution in [0.2, 0.25) is 5.02 Å². The van der Waals surface area contributed by atoms with Crippen LogP contribution in [0.15, 0.2) is 35.3 Å². The van der Waals surface area contributed by atoms with E-state index in [4.69, 9.17) is 11.6 Å². The van der Waals surface area contributed by atoms with Gasteiger partial charge in [0, 0.05) is 35.8 Å². The van der Waals surface area contributed by atoms with Gasteiger partial charge in [0.25, 0.3) is 5.56 Å². The lowest BCUT2D eigenvalue weighted by Crippen LogP contribution is -2.37. The van der Waals surface area contributed by atoms with Gasteiger partial charge in [-0.15, -0.1) is 0 Å². The van der Waals surface area contributed by atoms with Crippen molar-refractivity contribution < 1.29 is 4.79 Å². The van der Waals surface area contributed by atoms with Gasteiger partial charge in [-0.25, -0.2) is 0 Å². The zero-order chi connectivity index (χ0) is 17.6. The summed E-state index contributed by atoms with van der Waals surface area (Å²) >= 11 is 6.34. The summed E-state index contributed by atoms with van der Waals surface area (Å²) in [6.45, 7) is 0.675. The summed E-state index contributed by atoms with van der Waals surface area (Å²) < 4.78 is 1.74. The number of aromatic amines is 1. The van der Waals surface area contributed by atoms with Crippen molar-refractivity contribution in [3.8, 4) is 11.3 Å². The first-order valence-corrected chi connectivity index (χ1v) is 8.55. The molecule has 0 spiro atoms. The maximum Gasteiger partial charge on any atom is 0.252 e. The van der Waals surface area contributed by atoms with Crippen LogP contribution in [0.3, 0.4) is 0 Å². The van der Waals surface area contributed by atoms with Crippen molar-refractivity contribution in [3.63, 3.8) is 0 Å². The number of carbonyl (C=O) groups excluding carboxylic acids is 1. The largest absolute Gasteiger partial charge is 0.356 e. The average molecular weight is 357 g/mol. The van der Waals surface area contributed by atoms with Crippen LogP contribution in [-0.4, -0.2) is 27.2 Å². The average Bonchev–Trinajstić information content (AvgIpc) is 2.97. The Morgan fingerprint density at radius 1 is 1.28 bits per heavy atom. The van der Waals surface area contributed by atoms with E-state index in [1.165, 1.54) is 0 Å². The fourth-order valence-corrected chi connectivity index (χ4v) is 3.62. The molecular weight excluding hydrogens is 340 g/mol. The Balaban J connectivity index is 1.77. The first-order valence-electron chi connectivity index (χ1n) is 8.17. The van der Waals surface area contributed by atoms with Gasteiger partial charge in [-0.2, -0.15) is 5.10 Å². The van der Waals surface area contributed by atoms with Crippen LogP contribution >= 0.6 is 11.6 Å². The highest BCUT2D eigenvalue weighted by Crippen LogP contribution is 2.30. The van der Waals surface area contributed by atoms with Gasteiger partial charge in [0.05, 0.1) is 22.7 Å². The normalized spacial score (nSPS) is 17.7. The number of H-pyrrole nitrogens is 1. The lowest BCUT2D eigenvalue weighted by atomic mass is 9.91. The number of aromatic nitrogens is 3. The molecule has 1 saturated heterocycles. The van der Waals surface area contributed by atoms with E-state index in [1.807, 2.05) is 25.2 Å². The summed E-state index contributed by atoms with van der Waals surface area (Å²) in [6, 6.07) is 7.31. The Bertz CT molecular complexity index is 1040. The molecule has 4 rings (SSSR count). The second kappa shape index (κ2) is 6.04. The lowest BCUT2D eigenvalue weighted by Gasteiger charge is -2.21. The molecule has 1 aromatic carbocycles. The molecule has 1 fully saturated rings. The van der Waals surface area contributed by atoms with Crippen LogP contribution in [0, 0.1) is 0 Å². The molecule has 0 radical (unpaired) electrons. The number of amides is 1. The van der Waals surface area contributed by atoms with Crippen molar-refractivity contribution >= 4 is 28.4 Å². The van der Waals surface area contributed by atoms with E-state index in [0.717, 1.165) is 22.9 Å². The third-order valence-electron chi connectivity index (χ3n) is 4.73. The molecule has 0 saturated carbocycles. The molecule has 3 aromatic rings. The fraction of sp³-hybridized carbons (Fsp3) is 0.278. The van der Waals surface area contributed by atoms with Crippen molar-refractivity contribution in [2.75, 3.05) is 6.54 Å². The number of hydrogen-bond donors (Lipinski definition) is 2. The Morgan fingerprint density at radius 3 is 2.88 bits per heavy atom. The molecule has 25 heavy (non-hydrogen) atoms. The van der Waals surface area contributed by atoms with Crippen LogP contribution < -0.4 is 10.9 Å². The number of nitrogens with one attached hydrogen (secondary N) is 2. The van der Waals surface area contributed by atoms with Gasteiger partial charge in [0.1, 0.15) is 0 Å². The van der Waals surface area contributed by atoms with Crippen molar-refractivity contribution in [2.45, 2.75) is 18.8 Å². The number of carbonyl (C=O) groups is 1. The summed E-state index contributed by atoms with van der Waals surface area (Å²) in [5, 5.41) is 8.47. The molecule has 3 heterocycles. The van der Waals surface area contributed by atoms with E-state index in [9.17, 15) is 9.59 Å². The van der Waals surface area contributed by atoms with Gasteiger partial charge in [-0.05, 0) is 31.0 Å². The molecule has 1 atom stereocenters. The molecular formula is C18H17ClN4O2. The zero-order valence-corrected chi connectivity index (χ0v) is 14.4. The van der Waals surface area contributed by atoms with Crippen molar-refractivity contribution in [1.29, 1.82) is 0 Å². The van der Waals surface area contributed by atoms with E-state index in [0.29, 0.717) is 29.2 Å². The number of halogens is 1. The Labute approximate surface area is 148 Å². The Hall–Kier alpha value is -2.60. The minimum atomic E-state index is -0.380. The molecule has 0 bridgehead atoms.